The summed E-state index contributed by atoms with van der Waals surface area (Å²) in [5, 5.41) is 6.63. The SMILES string of the molecule is CCN1CCCC(CNC(=NC)NCCOC)C1. The van der Waals surface area contributed by atoms with Crippen molar-refractivity contribution in [3.05, 3.63) is 0 Å². The summed E-state index contributed by atoms with van der Waals surface area (Å²) in [6, 6.07) is 0. The number of methoxy groups -OCH3 is 1. The van der Waals surface area contributed by atoms with Gasteiger partial charge in [-0.15, -0.1) is 0 Å². The molecule has 1 unspecified atom stereocenters. The molecule has 1 saturated heterocycles. The van der Waals surface area contributed by atoms with E-state index in [-0.39, 0.29) is 0 Å². The van der Waals surface area contributed by atoms with Gasteiger partial charge in [0, 0.05) is 33.8 Å². The third-order valence-electron chi connectivity index (χ3n) is 3.43. The maximum Gasteiger partial charge on any atom is 0.191 e. The molecule has 0 aliphatic carbocycles. The van der Waals surface area contributed by atoms with Crippen LogP contribution in [0.3, 0.4) is 0 Å². The van der Waals surface area contributed by atoms with Crippen molar-refractivity contribution in [1.29, 1.82) is 0 Å². The Morgan fingerprint density at radius 3 is 2.94 bits per heavy atom. The molecule has 5 nitrogen and oxygen atoms in total. The van der Waals surface area contributed by atoms with E-state index in [0.29, 0.717) is 6.61 Å². The van der Waals surface area contributed by atoms with Gasteiger partial charge in [-0.1, -0.05) is 6.92 Å². The first-order chi connectivity index (χ1) is 8.80. The summed E-state index contributed by atoms with van der Waals surface area (Å²) in [6.45, 7) is 8.36. The van der Waals surface area contributed by atoms with E-state index in [1.54, 1.807) is 14.2 Å². The van der Waals surface area contributed by atoms with E-state index in [1.807, 2.05) is 0 Å². The van der Waals surface area contributed by atoms with Crippen molar-refractivity contribution >= 4 is 5.96 Å². The molecule has 0 saturated carbocycles. The summed E-state index contributed by atoms with van der Waals surface area (Å²) >= 11 is 0. The van der Waals surface area contributed by atoms with Crippen LogP contribution in [0.4, 0.5) is 0 Å². The minimum Gasteiger partial charge on any atom is -0.383 e. The molecule has 1 atom stereocenters. The fourth-order valence-electron chi connectivity index (χ4n) is 2.34. The van der Waals surface area contributed by atoms with Crippen LogP contribution in [0.15, 0.2) is 4.99 Å². The number of guanidine groups is 1. The van der Waals surface area contributed by atoms with Crippen LogP contribution in [-0.4, -0.2) is 64.3 Å². The fraction of sp³-hybridized carbons (Fsp3) is 0.923. The van der Waals surface area contributed by atoms with Gasteiger partial charge in [-0.3, -0.25) is 4.99 Å². The van der Waals surface area contributed by atoms with E-state index >= 15 is 0 Å². The largest absolute Gasteiger partial charge is 0.383 e. The lowest BCUT2D eigenvalue weighted by atomic mass is 9.98. The van der Waals surface area contributed by atoms with Crippen LogP contribution in [-0.2, 0) is 4.74 Å². The van der Waals surface area contributed by atoms with E-state index in [9.17, 15) is 0 Å². The minimum atomic E-state index is 0.702. The van der Waals surface area contributed by atoms with Crippen molar-refractivity contribution in [3.63, 3.8) is 0 Å². The van der Waals surface area contributed by atoms with Crippen molar-refractivity contribution in [1.82, 2.24) is 15.5 Å². The molecular weight excluding hydrogens is 228 g/mol. The zero-order valence-corrected chi connectivity index (χ0v) is 12.0. The molecule has 18 heavy (non-hydrogen) atoms. The molecule has 0 bridgehead atoms. The van der Waals surface area contributed by atoms with E-state index in [1.165, 1.54) is 25.9 Å². The molecule has 0 aromatic carbocycles. The fourth-order valence-corrected chi connectivity index (χ4v) is 2.34. The van der Waals surface area contributed by atoms with Crippen molar-refractivity contribution in [2.24, 2.45) is 10.9 Å². The van der Waals surface area contributed by atoms with Gasteiger partial charge in [-0.2, -0.15) is 0 Å². The topological polar surface area (TPSA) is 48.9 Å². The number of rotatable bonds is 6. The number of hydrogen-bond donors (Lipinski definition) is 2. The second-order valence-electron chi connectivity index (χ2n) is 4.77. The van der Waals surface area contributed by atoms with Crippen LogP contribution in [0.5, 0.6) is 0 Å². The number of aliphatic imine (C=N–C) groups is 1. The van der Waals surface area contributed by atoms with Gasteiger partial charge in [0.1, 0.15) is 0 Å². The first-order valence-electron chi connectivity index (χ1n) is 6.96. The van der Waals surface area contributed by atoms with Crippen LogP contribution in [0.25, 0.3) is 0 Å². The van der Waals surface area contributed by atoms with Crippen molar-refractivity contribution in [2.45, 2.75) is 19.8 Å². The van der Waals surface area contributed by atoms with Crippen LogP contribution in [0, 0.1) is 5.92 Å². The standard InChI is InChI=1S/C13H28N4O/c1-4-17-8-5-6-12(11-17)10-16-13(14-2)15-7-9-18-3/h12H,4-11H2,1-3H3,(H2,14,15,16). The molecule has 106 valence electrons. The summed E-state index contributed by atoms with van der Waals surface area (Å²) in [5.41, 5.74) is 0. The van der Waals surface area contributed by atoms with E-state index in [4.69, 9.17) is 4.74 Å². The lowest BCUT2D eigenvalue weighted by molar-refractivity contribution is 0.183. The van der Waals surface area contributed by atoms with Gasteiger partial charge >= 0.3 is 0 Å². The van der Waals surface area contributed by atoms with Gasteiger partial charge in [0.05, 0.1) is 6.61 Å². The van der Waals surface area contributed by atoms with Crippen molar-refractivity contribution in [2.75, 3.05) is 53.5 Å². The van der Waals surface area contributed by atoms with E-state index in [0.717, 1.165) is 31.5 Å². The van der Waals surface area contributed by atoms with Gasteiger partial charge in [-0.05, 0) is 31.8 Å². The number of hydrogen-bond acceptors (Lipinski definition) is 3. The first kappa shape index (κ1) is 15.2. The number of ether oxygens (including phenoxy) is 1. The summed E-state index contributed by atoms with van der Waals surface area (Å²) in [4.78, 5) is 6.73. The van der Waals surface area contributed by atoms with Crippen LogP contribution >= 0.6 is 0 Å². The molecule has 0 radical (unpaired) electrons. The lowest BCUT2D eigenvalue weighted by Gasteiger charge is -2.32. The van der Waals surface area contributed by atoms with Crippen molar-refractivity contribution < 1.29 is 4.74 Å². The average molecular weight is 256 g/mol. The Kier molecular flexibility index (Phi) is 7.76. The summed E-state index contributed by atoms with van der Waals surface area (Å²) in [5.74, 6) is 1.61. The second kappa shape index (κ2) is 9.16. The second-order valence-corrected chi connectivity index (χ2v) is 4.77. The third-order valence-corrected chi connectivity index (χ3v) is 3.43. The minimum absolute atomic E-state index is 0.702. The Morgan fingerprint density at radius 1 is 1.44 bits per heavy atom. The van der Waals surface area contributed by atoms with E-state index in [2.05, 4.69) is 27.4 Å². The highest BCUT2D eigenvalue weighted by molar-refractivity contribution is 5.79. The molecule has 0 spiro atoms. The van der Waals surface area contributed by atoms with Gasteiger partial charge in [0.15, 0.2) is 5.96 Å². The van der Waals surface area contributed by atoms with Gasteiger partial charge in [0.2, 0.25) is 0 Å². The van der Waals surface area contributed by atoms with Crippen LogP contribution < -0.4 is 10.6 Å². The molecule has 1 rings (SSSR count). The highest BCUT2D eigenvalue weighted by Crippen LogP contribution is 2.14. The van der Waals surface area contributed by atoms with Gasteiger partial charge in [-0.25, -0.2) is 0 Å². The molecule has 1 aliphatic heterocycles. The molecule has 2 N–H and O–H groups in total. The van der Waals surface area contributed by atoms with Gasteiger partial charge < -0.3 is 20.3 Å². The van der Waals surface area contributed by atoms with E-state index < -0.39 is 0 Å². The Hall–Kier alpha value is -0.810. The van der Waals surface area contributed by atoms with Crippen molar-refractivity contribution in [3.8, 4) is 0 Å². The predicted molar refractivity (Wildman–Crippen MR) is 76.1 cm³/mol. The monoisotopic (exact) mass is 256 g/mol. The highest BCUT2D eigenvalue weighted by Gasteiger charge is 2.18. The number of piperidine rings is 1. The maximum absolute atomic E-state index is 5.01. The normalized spacial score (nSPS) is 21.9. The first-order valence-corrected chi connectivity index (χ1v) is 6.96. The molecule has 5 heteroatoms. The zero-order chi connectivity index (χ0) is 13.2. The van der Waals surface area contributed by atoms with Crippen LogP contribution in [0.2, 0.25) is 0 Å². The summed E-state index contributed by atoms with van der Waals surface area (Å²) < 4.78 is 5.01. The summed E-state index contributed by atoms with van der Waals surface area (Å²) in [6.07, 6.45) is 2.63. The summed E-state index contributed by atoms with van der Waals surface area (Å²) in [7, 11) is 3.51. The molecular formula is C13H28N4O. The quantitative estimate of drug-likeness (QED) is 0.413. The molecule has 0 amide bonds. The molecule has 0 aromatic rings. The molecule has 1 aliphatic rings. The Bertz CT molecular complexity index is 245. The maximum atomic E-state index is 5.01. The zero-order valence-electron chi connectivity index (χ0n) is 12.0. The Labute approximate surface area is 111 Å². The Balaban J connectivity index is 2.21. The smallest absolute Gasteiger partial charge is 0.191 e. The Morgan fingerprint density at radius 2 is 2.28 bits per heavy atom. The third kappa shape index (κ3) is 5.69. The van der Waals surface area contributed by atoms with Gasteiger partial charge in [0.25, 0.3) is 0 Å². The molecule has 1 fully saturated rings. The number of nitrogens with zero attached hydrogens (tertiary/aromatic N) is 2. The highest BCUT2D eigenvalue weighted by atomic mass is 16.5. The van der Waals surface area contributed by atoms with Crippen LogP contribution in [0.1, 0.15) is 19.8 Å². The average Bonchev–Trinajstić information content (AvgIpc) is 2.43. The predicted octanol–water partition coefficient (Wildman–Crippen LogP) is 0.530. The lowest BCUT2D eigenvalue weighted by Crippen LogP contribution is -2.44. The number of nitrogens with one attached hydrogen (secondary N) is 2. The number of likely N-dealkylation sites (tertiary alicyclic amines) is 1. The molecule has 1 heterocycles. The molecule has 0 aromatic heterocycles.